The summed E-state index contributed by atoms with van der Waals surface area (Å²) in [6.07, 6.45) is -1.70. The van der Waals surface area contributed by atoms with E-state index < -0.39 is 66.1 Å². The van der Waals surface area contributed by atoms with Crippen molar-refractivity contribution < 1.29 is 38.0 Å². The lowest BCUT2D eigenvalue weighted by Gasteiger charge is -2.40. The third kappa shape index (κ3) is 4.16. The Bertz CT molecular complexity index is 640. The number of carbonyl (C=O) groups is 2. The van der Waals surface area contributed by atoms with Crippen molar-refractivity contribution in [2.45, 2.75) is 96.3 Å². The summed E-state index contributed by atoms with van der Waals surface area (Å²) in [6.45, 7) is 14.2. The largest absolute Gasteiger partial charge is 0.457 e. The molecule has 3 rings (SSSR count). The molecule has 3 aliphatic rings. The summed E-state index contributed by atoms with van der Waals surface area (Å²) in [5.41, 5.74) is 0. The van der Waals surface area contributed by atoms with E-state index in [1.807, 2.05) is 0 Å². The molecule has 3 heterocycles. The second-order valence-corrected chi connectivity index (χ2v) is 8.58. The summed E-state index contributed by atoms with van der Waals surface area (Å²) >= 11 is 0. The van der Waals surface area contributed by atoms with E-state index in [-0.39, 0.29) is 6.42 Å². The first-order chi connectivity index (χ1) is 12.9. The minimum Gasteiger partial charge on any atom is -0.457 e. The fourth-order valence-electron chi connectivity index (χ4n) is 3.96. The second-order valence-electron chi connectivity index (χ2n) is 8.58. The first kappa shape index (κ1) is 21.4. The van der Waals surface area contributed by atoms with Gasteiger partial charge in [0.1, 0.15) is 24.4 Å². The summed E-state index contributed by atoms with van der Waals surface area (Å²) in [6, 6.07) is 0. The van der Waals surface area contributed by atoms with Crippen molar-refractivity contribution in [1.82, 2.24) is 0 Å². The third-order valence-corrected chi connectivity index (χ3v) is 4.89. The lowest BCUT2D eigenvalue weighted by molar-refractivity contribution is -0.243. The van der Waals surface area contributed by atoms with Crippen LogP contribution in [0.3, 0.4) is 0 Å². The van der Waals surface area contributed by atoms with E-state index in [1.165, 1.54) is 0 Å². The molecule has 0 N–H and O–H groups in total. The number of hydrogen-bond acceptors (Lipinski definition) is 8. The maximum absolute atomic E-state index is 12.9. The fraction of sp³-hybridized carbons (Fsp3) is 0.800. The topological polar surface area (TPSA) is 89.5 Å². The number of carbonyl (C=O) groups excluding carboxylic acids is 2. The normalized spacial score (nSPS) is 36.5. The minimum absolute atomic E-state index is 0.228. The molecule has 0 radical (unpaired) electrons. The Morgan fingerprint density at radius 3 is 2.18 bits per heavy atom. The summed E-state index contributed by atoms with van der Waals surface area (Å²) in [7, 11) is 0. The Morgan fingerprint density at radius 1 is 1.00 bits per heavy atom. The van der Waals surface area contributed by atoms with E-state index in [0.717, 1.165) is 0 Å². The first-order valence-corrected chi connectivity index (χ1v) is 9.66. The molecule has 0 bridgehead atoms. The van der Waals surface area contributed by atoms with Crippen LogP contribution >= 0.6 is 0 Å². The molecule has 3 saturated heterocycles. The van der Waals surface area contributed by atoms with Gasteiger partial charge in [0.2, 0.25) is 5.78 Å². The molecule has 0 aromatic carbocycles. The standard InChI is InChI=1S/C20H30O8/c1-8-9-11(12(21)17(22)23-10(2)3)13-14-15(26-19(4,5)25-14)16-18(24-13)28-20(6,7)27-16/h8,10-11,13-16,18H,1,9H2,2-7H3/t11-,13-,14+,15+,16-,18-/m1/s1. The van der Waals surface area contributed by atoms with E-state index in [4.69, 9.17) is 28.4 Å². The van der Waals surface area contributed by atoms with Crippen molar-refractivity contribution in [2.24, 2.45) is 5.92 Å². The smallest absolute Gasteiger partial charge is 0.375 e. The summed E-state index contributed by atoms with van der Waals surface area (Å²) in [5, 5.41) is 0. The molecule has 0 aromatic heterocycles. The molecule has 158 valence electrons. The first-order valence-electron chi connectivity index (χ1n) is 9.66. The molecule has 6 atom stereocenters. The minimum atomic E-state index is -0.897. The molecular weight excluding hydrogens is 368 g/mol. The Labute approximate surface area is 165 Å². The SMILES string of the molecule is C=CC[C@H](C(=O)C(=O)OC(C)C)[C@H]1O[C@@H]2OC(C)(C)O[C@@H]2[C@H]2OC(C)(C)O[C@H]21. The molecule has 0 spiro atoms. The number of esters is 1. The van der Waals surface area contributed by atoms with Gasteiger partial charge in [-0.2, -0.15) is 0 Å². The van der Waals surface area contributed by atoms with Crippen LogP contribution in [0.15, 0.2) is 12.7 Å². The van der Waals surface area contributed by atoms with Gasteiger partial charge >= 0.3 is 5.97 Å². The number of rotatable bonds is 6. The molecule has 28 heavy (non-hydrogen) atoms. The molecular formula is C20H30O8. The van der Waals surface area contributed by atoms with Crippen LogP contribution in [0.2, 0.25) is 0 Å². The van der Waals surface area contributed by atoms with Crippen LogP contribution in [-0.2, 0) is 38.0 Å². The molecule has 3 fully saturated rings. The number of ether oxygens (including phenoxy) is 6. The average Bonchev–Trinajstić information content (AvgIpc) is 3.04. The zero-order valence-corrected chi connectivity index (χ0v) is 17.3. The van der Waals surface area contributed by atoms with Crippen LogP contribution in [0, 0.1) is 5.92 Å². The fourth-order valence-corrected chi connectivity index (χ4v) is 3.96. The number of ketones is 1. The molecule has 8 nitrogen and oxygen atoms in total. The predicted octanol–water partition coefficient (Wildman–Crippen LogP) is 2.10. The zero-order chi connectivity index (χ0) is 20.9. The zero-order valence-electron chi connectivity index (χ0n) is 17.3. The van der Waals surface area contributed by atoms with E-state index in [1.54, 1.807) is 47.6 Å². The van der Waals surface area contributed by atoms with E-state index in [2.05, 4.69) is 6.58 Å². The van der Waals surface area contributed by atoms with Crippen molar-refractivity contribution in [3.05, 3.63) is 12.7 Å². The molecule has 0 aromatic rings. The lowest BCUT2D eigenvalue weighted by Crippen LogP contribution is -2.58. The Morgan fingerprint density at radius 2 is 1.57 bits per heavy atom. The van der Waals surface area contributed by atoms with Gasteiger partial charge < -0.3 is 28.4 Å². The summed E-state index contributed by atoms with van der Waals surface area (Å²) < 4.78 is 35.2. The number of allylic oxidation sites excluding steroid dienone is 1. The molecule has 3 aliphatic heterocycles. The van der Waals surface area contributed by atoms with Gasteiger partial charge in [0.15, 0.2) is 17.9 Å². The molecule has 8 heteroatoms. The van der Waals surface area contributed by atoms with Gasteiger partial charge in [-0.15, -0.1) is 6.58 Å². The highest BCUT2D eigenvalue weighted by atomic mass is 16.9. The molecule has 0 unspecified atom stereocenters. The maximum Gasteiger partial charge on any atom is 0.375 e. The van der Waals surface area contributed by atoms with Crippen molar-refractivity contribution in [1.29, 1.82) is 0 Å². The molecule has 0 amide bonds. The predicted molar refractivity (Wildman–Crippen MR) is 97.1 cm³/mol. The van der Waals surface area contributed by atoms with Gasteiger partial charge in [0, 0.05) is 0 Å². The molecule has 0 aliphatic carbocycles. The highest BCUT2D eigenvalue weighted by Crippen LogP contribution is 2.46. The van der Waals surface area contributed by atoms with Crippen LogP contribution in [0.5, 0.6) is 0 Å². The van der Waals surface area contributed by atoms with Gasteiger partial charge in [-0.3, -0.25) is 4.79 Å². The number of Topliss-reactive ketones (excluding diaryl/α,β-unsaturated/α-hetero) is 1. The Hall–Kier alpha value is -1.32. The van der Waals surface area contributed by atoms with Crippen molar-refractivity contribution >= 4 is 11.8 Å². The van der Waals surface area contributed by atoms with Gasteiger partial charge in [-0.05, 0) is 48.0 Å². The van der Waals surface area contributed by atoms with E-state index in [0.29, 0.717) is 0 Å². The summed E-state index contributed by atoms with van der Waals surface area (Å²) in [5.74, 6) is -4.16. The van der Waals surface area contributed by atoms with Gasteiger partial charge in [0.05, 0.1) is 12.0 Å². The summed E-state index contributed by atoms with van der Waals surface area (Å²) in [4.78, 5) is 25.1. The van der Waals surface area contributed by atoms with Crippen LogP contribution in [0.1, 0.15) is 48.0 Å². The van der Waals surface area contributed by atoms with Crippen molar-refractivity contribution in [3.63, 3.8) is 0 Å². The molecule has 0 saturated carbocycles. The van der Waals surface area contributed by atoms with Crippen LogP contribution < -0.4 is 0 Å². The quantitative estimate of drug-likeness (QED) is 0.382. The number of hydrogen-bond donors (Lipinski definition) is 0. The monoisotopic (exact) mass is 398 g/mol. The third-order valence-electron chi connectivity index (χ3n) is 4.89. The average molecular weight is 398 g/mol. The Kier molecular flexibility index (Phi) is 5.73. The number of fused-ring (bicyclic) bond motifs is 3. The van der Waals surface area contributed by atoms with Crippen LogP contribution in [0.4, 0.5) is 0 Å². The van der Waals surface area contributed by atoms with Gasteiger partial charge in [0.25, 0.3) is 0 Å². The van der Waals surface area contributed by atoms with Gasteiger partial charge in [-0.1, -0.05) is 6.08 Å². The van der Waals surface area contributed by atoms with E-state index >= 15 is 0 Å². The van der Waals surface area contributed by atoms with Crippen LogP contribution in [0.25, 0.3) is 0 Å². The Balaban J connectivity index is 1.90. The van der Waals surface area contributed by atoms with Crippen molar-refractivity contribution in [3.8, 4) is 0 Å². The van der Waals surface area contributed by atoms with Crippen LogP contribution in [-0.4, -0.2) is 60.1 Å². The second kappa shape index (κ2) is 7.50. The highest BCUT2D eigenvalue weighted by molar-refractivity contribution is 6.34. The van der Waals surface area contributed by atoms with E-state index in [9.17, 15) is 9.59 Å². The van der Waals surface area contributed by atoms with Gasteiger partial charge in [-0.25, -0.2) is 4.79 Å². The lowest BCUT2D eigenvalue weighted by atomic mass is 9.85. The highest BCUT2D eigenvalue weighted by Gasteiger charge is 2.62. The maximum atomic E-state index is 12.9. The van der Waals surface area contributed by atoms with Crippen molar-refractivity contribution in [2.75, 3.05) is 0 Å².